The van der Waals surface area contributed by atoms with Crippen LogP contribution in [0.25, 0.3) is 44.7 Å². The van der Waals surface area contributed by atoms with E-state index in [2.05, 4.69) is 60.4 Å². The first-order valence-corrected chi connectivity index (χ1v) is 11.4. The molecule has 1 aliphatic heterocycles. The van der Waals surface area contributed by atoms with Crippen molar-refractivity contribution >= 4 is 33.3 Å². The quantitative estimate of drug-likeness (QED) is 0.426. The van der Waals surface area contributed by atoms with E-state index in [0.717, 1.165) is 63.5 Å². The van der Waals surface area contributed by atoms with Gasteiger partial charge in [-0.3, -0.25) is 15.1 Å². The Morgan fingerprint density at radius 1 is 0.970 bits per heavy atom. The Balaban J connectivity index is 1.44. The summed E-state index contributed by atoms with van der Waals surface area (Å²) in [5.74, 6) is 0.762. The number of para-hydroxylation sites is 1. The highest BCUT2D eigenvalue weighted by molar-refractivity contribution is 5.96. The highest BCUT2D eigenvalue weighted by Crippen LogP contribution is 2.33. The van der Waals surface area contributed by atoms with Crippen LogP contribution < -0.4 is 9.80 Å². The molecule has 0 saturated carbocycles. The highest BCUT2D eigenvalue weighted by atomic mass is 15.2. The van der Waals surface area contributed by atoms with Crippen molar-refractivity contribution in [3.63, 3.8) is 0 Å². The van der Waals surface area contributed by atoms with Gasteiger partial charge in [-0.2, -0.15) is 5.10 Å². The zero-order valence-corrected chi connectivity index (χ0v) is 18.8. The minimum absolute atomic E-state index is 0.762. The van der Waals surface area contributed by atoms with E-state index in [1.54, 1.807) is 0 Å². The maximum absolute atomic E-state index is 5.00. The number of hydrogen-bond acceptors (Lipinski definition) is 6. The molecule has 8 nitrogen and oxygen atoms in total. The van der Waals surface area contributed by atoms with Gasteiger partial charge in [0, 0.05) is 44.3 Å². The van der Waals surface area contributed by atoms with Crippen LogP contribution in [0.4, 0.5) is 11.4 Å². The Labute approximate surface area is 191 Å². The first kappa shape index (κ1) is 19.7. The predicted molar refractivity (Wildman–Crippen MR) is 133 cm³/mol. The number of aromatic nitrogens is 6. The van der Waals surface area contributed by atoms with E-state index in [9.17, 15) is 0 Å². The second-order valence-corrected chi connectivity index (χ2v) is 8.82. The Bertz CT molecular complexity index is 1440. The summed E-state index contributed by atoms with van der Waals surface area (Å²) in [5.41, 5.74) is 7.75. The molecule has 0 atom stereocenters. The van der Waals surface area contributed by atoms with Crippen LogP contribution in [0.15, 0.2) is 48.9 Å². The second kappa shape index (κ2) is 7.88. The second-order valence-electron chi connectivity index (χ2n) is 8.82. The zero-order chi connectivity index (χ0) is 22.4. The molecule has 0 aliphatic carbocycles. The molecular formula is C25H26N8. The molecule has 6 rings (SSSR count). The number of fused-ring (bicyclic) bond motifs is 2. The molecule has 0 unspecified atom stereocenters. The molecule has 4 aromatic heterocycles. The van der Waals surface area contributed by atoms with Gasteiger partial charge in [0.2, 0.25) is 0 Å². The largest absolute Gasteiger partial charge is 0.376 e. The number of rotatable bonds is 4. The van der Waals surface area contributed by atoms with Gasteiger partial charge >= 0.3 is 0 Å². The lowest BCUT2D eigenvalue weighted by Crippen LogP contribution is -2.29. The molecule has 8 heteroatoms. The van der Waals surface area contributed by atoms with Crippen LogP contribution in [-0.2, 0) is 0 Å². The monoisotopic (exact) mass is 438 g/mol. The zero-order valence-electron chi connectivity index (χ0n) is 18.8. The summed E-state index contributed by atoms with van der Waals surface area (Å²) >= 11 is 0. The summed E-state index contributed by atoms with van der Waals surface area (Å²) in [7, 11) is 4.01. The topological polar surface area (TPSA) is 89.6 Å². The van der Waals surface area contributed by atoms with Gasteiger partial charge in [0.1, 0.15) is 11.2 Å². The Hall–Kier alpha value is -3.94. The van der Waals surface area contributed by atoms with Gasteiger partial charge < -0.3 is 14.8 Å². The van der Waals surface area contributed by atoms with Crippen molar-refractivity contribution in [1.29, 1.82) is 0 Å². The van der Waals surface area contributed by atoms with E-state index >= 15 is 0 Å². The van der Waals surface area contributed by atoms with Crippen LogP contribution in [0.5, 0.6) is 0 Å². The van der Waals surface area contributed by atoms with Gasteiger partial charge in [-0.1, -0.05) is 6.07 Å². The molecule has 2 N–H and O–H groups in total. The summed E-state index contributed by atoms with van der Waals surface area (Å²) in [4.78, 5) is 22.0. The lowest BCUT2D eigenvalue weighted by atomic mass is 10.1. The third kappa shape index (κ3) is 3.47. The van der Waals surface area contributed by atoms with E-state index < -0.39 is 0 Å². The molecule has 0 bridgehead atoms. The number of H-pyrrole nitrogens is 2. The minimum atomic E-state index is 0.762. The van der Waals surface area contributed by atoms with Crippen molar-refractivity contribution in [3.05, 3.63) is 48.9 Å². The average Bonchev–Trinajstić information content (AvgIpc) is 3.48. The Morgan fingerprint density at radius 3 is 2.70 bits per heavy atom. The van der Waals surface area contributed by atoms with Gasteiger partial charge in [0.25, 0.3) is 0 Å². The third-order valence-electron chi connectivity index (χ3n) is 6.40. The molecule has 0 amide bonds. The standard InChI is InChI=1S/C25H26N8/c1-32(2)17-11-16(13-26-14-17)20-12-18-21(15-27-20)30-31-23(18)25-28-19-7-6-8-22(24(19)29-25)33-9-4-3-5-10-33/h6-8,11-15H,3-5,9-10H2,1-2H3,(H,28,29)(H,30,31). The van der Waals surface area contributed by atoms with E-state index in [4.69, 9.17) is 4.98 Å². The first-order chi connectivity index (χ1) is 16.2. The molecular weight excluding hydrogens is 412 g/mol. The molecule has 1 fully saturated rings. The fourth-order valence-corrected chi connectivity index (χ4v) is 4.59. The Kier molecular flexibility index (Phi) is 4.71. The lowest BCUT2D eigenvalue weighted by molar-refractivity contribution is 0.579. The van der Waals surface area contributed by atoms with Gasteiger partial charge in [-0.05, 0) is 43.5 Å². The van der Waals surface area contributed by atoms with Crippen molar-refractivity contribution in [2.24, 2.45) is 0 Å². The summed E-state index contributed by atoms with van der Waals surface area (Å²) in [5, 5.41) is 8.68. The molecule has 1 aliphatic rings. The molecule has 5 heterocycles. The van der Waals surface area contributed by atoms with E-state index in [1.165, 1.54) is 24.9 Å². The Morgan fingerprint density at radius 2 is 1.85 bits per heavy atom. The molecule has 0 spiro atoms. The fraction of sp³-hybridized carbons (Fsp3) is 0.280. The van der Waals surface area contributed by atoms with Crippen molar-refractivity contribution in [2.75, 3.05) is 37.0 Å². The van der Waals surface area contributed by atoms with E-state index in [0.29, 0.717) is 0 Å². The summed E-state index contributed by atoms with van der Waals surface area (Å²) in [6.07, 6.45) is 9.29. The van der Waals surface area contributed by atoms with Crippen LogP contribution in [0, 0.1) is 0 Å². The van der Waals surface area contributed by atoms with Gasteiger partial charge in [0.05, 0.1) is 40.5 Å². The number of nitrogens with zero attached hydrogens (tertiary/aromatic N) is 6. The lowest BCUT2D eigenvalue weighted by Gasteiger charge is -2.28. The van der Waals surface area contributed by atoms with Gasteiger partial charge in [0.15, 0.2) is 5.82 Å². The van der Waals surface area contributed by atoms with E-state index in [1.807, 2.05) is 37.6 Å². The number of imidazole rings is 1. The SMILES string of the molecule is CN(C)c1cncc(-c2cc3c(-c4nc5c(N6CCCCC6)cccc5[nH]4)n[nH]c3cn2)c1. The minimum Gasteiger partial charge on any atom is -0.376 e. The molecule has 1 aromatic carbocycles. The van der Waals surface area contributed by atoms with Crippen LogP contribution >= 0.6 is 0 Å². The number of piperidine rings is 1. The van der Waals surface area contributed by atoms with Gasteiger partial charge in [-0.15, -0.1) is 0 Å². The number of benzene rings is 1. The summed E-state index contributed by atoms with van der Waals surface area (Å²) in [6, 6.07) is 10.5. The third-order valence-corrected chi connectivity index (χ3v) is 6.40. The fourth-order valence-electron chi connectivity index (χ4n) is 4.59. The smallest absolute Gasteiger partial charge is 0.159 e. The maximum Gasteiger partial charge on any atom is 0.159 e. The van der Waals surface area contributed by atoms with Crippen LogP contribution in [-0.4, -0.2) is 57.3 Å². The van der Waals surface area contributed by atoms with Crippen LogP contribution in [0.1, 0.15) is 19.3 Å². The molecule has 5 aromatic rings. The van der Waals surface area contributed by atoms with E-state index in [-0.39, 0.29) is 0 Å². The maximum atomic E-state index is 5.00. The molecule has 33 heavy (non-hydrogen) atoms. The number of nitrogens with one attached hydrogen (secondary N) is 2. The van der Waals surface area contributed by atoms with Crippen molar-refractivity contribution in [1.82, 2.24) is 30.1 Å². The van der Waals surface area contributed by atoms with Gasteiger partial charge in [-0.25, -0.2) is 4.98 Å². The molecule has 166 valence electrons. The normalized spacial score (nSPS) is 14.3. The summed E-state index contributed by atoms with van der Waals surface area (Å²) in [6.45, 7) is 2.17. The van der Waals surface area contributed by atoms with Crippen LogP contribution in [0.2, 0.25) is 0 Å². The number of pyridine rings is 2. The molecule has 0 radical (unpaired) electrons. The number of aromatic amines is 2. The first-order valence-electron chi connectivity index (χ1n) is 11.4. The average molecular weight is 439 g/mol. The van der Waals surface area contributed by atoms with Crippen LogP contribution in [0.3, 0.4) is 0 Å². The summed E-state index contributed by atoms with van der Waals surface area (Å²) < 4.78 is 0. The predicted octanol–water partition coefficient (Wildman–Crippen LogP) is 4.62. The highest BCUT2D eigenvalue weighted by Gasteiger charge is 2.19. The van der Waals surface area contributed by atoms with Crippen molar-refractivity contribution < 1.29 is 0 Å². The number of hydrogen-bond donors (Lipinski definition) is 2. The number of anilines is 2. The molecule has 1 saturated heterocycles. The van der Waals surface area contributed by atoms with Crippen molar-refractivity contribution in [3.8, 4) is 22.8 Å². The van der Waals surface area contributed by atoms with Crippen molar-refractivity contribution in [2.45, 2.75) is 19.3 Å².